The fraction of sp³-hybridized carbons (Fsp3) is 0.484. The predicted octanol–water partition coefficient (Wildman–Crippen LogP) is 8.30. The number of hydrogen-bond donors (Lipinski definition) is 0. The van der Waals surface area contributed by atoms with E-state index in [4.69, 9.17) is 0 Å². The van der Waals surface area contributed by atoms with Crippen LogP contribution in [0.1, 0.15) is 71.8 Å². The van der Waals surface area contributed by atoms with E-state index in [9.17, 15) is 12.6 Å². The molecule has 0 saturated heterocycles. The van der Waals surface area contributed by atoms with Crippen LogP contribution in [0.15, 0.2) is 90.8 Å². The van der Waals surface area contributed by atoms with E-state index in [0.717, 1.165) is 24.0 Å². The molecular weight excluding hydrogens is 498 g/mol. The van der Waals surface area contributed by atoms with Gasteiger partial charge in [-0.1, -0.05) is 98.8 Å². The third kappa shape index (κ3) is 5.65. The lowest BCUT2D eigenvalue weighted by molar-refractivity contribution is 0.227. The first-order chi connectivity index (χ1) is 17.5. The summed E-state index contributed by atoms with van der Waals surface area (Å²) in [5.74, 6) is 1.68. The molecule has 0 aliphatic heterocycles. The van der Waals surface area contributed by atoms with Gasteiger partial charge in [-0.3, -0.25) is 0 Å². The van der Waals surface area contributed by atoms with E-state index in [-0.39, 0.29) is 10.3 Å². The van der Waals surface area contributed by atoms with Crippen LogP contribution in [0.4, 0.5) is 0 Å². The second-order valence-electron chi connectivity index (χ2n) is 11.4. The number of allylic oxidation sites excluding steroid dienone is 4. The van der Waals surface area contributed by atoms with Gasteiger partial charge in [-0.15, -0.1) is 0 Å². The standard InChI is InChI=1S/C31H41NO3S2/c1-23(2)11-9-12-25(4)28-20-21-29-30(15-10-22-31(28,29)5)36(33,26-13-7-6-8-14-26)32-37(34,35)27-18-16-24(3)17-19-27/h6-8,10,13-14,16-19,22-23,25,28H,9,11-12,15,20-21H2,1-5H3/t25-,28-,31-,36?/m1/s1. The Bertz CT molecular complexity index is 1400. The van der Waals surface area contributed by atoms with Gasteiger partial charge in [0, 0.05) is 16.7 Å². The number of sulfonamides is 1. The molecule has 2 aliphatic rings. The third-order valence-electron chi connectivity index (χ3n) is 8.28. The quantitative estimate of drug-likeness (QED) is 0.301. The van der Waals surface area contributed by atoms with Crippen LogP contribution in [0.2, 0.25) is 0 Å². The Morgan fingerprint density at radius 3 is 2.27 bits per heavy atom. The average molecular weight is 540 g/mol. The minimum atomic E-state index is -4.14. The third-order valence-corrected chi connectivity index (χ3v) is 12.8. The van der Waals surface area contributed by atoms with Crippen molar-refractivity contribution in [3.8, 4) is 0 Å². The van der Waals surface area contributed by atoms with Gasteiger partial charge in [0.05, 0.1) is 9.79 Å². The second kappa shape index (κ2) is 10.9. The molecule has 1 saturated carbocycles. The van der Waals surface area contributed by atoms with Crippen LogP contribution in [-0.4, -0.2) is 12.6 Å². The molecule has 4 atom stereocenters. The summed E-state index contributed by atoms with van der Waals surface area (Å²) in [5.41, 5.74) is 1.86. The van der Waals surface area contributed by atoms with Crippen molar-refractivity contribution in [2.24, 2.45) is 26.9 Å². The van der Waals surface area contributed by atoms with Crippen molar-refractivity contribution in [3.63, 3.8) is 0 Å². The fourth-order valence-corrected chi connectivity index (χ4v) is 10.6. The summed E-state index contributed by atoms with van der Waals surface area (Å²) in [5, 5.41) is 0. The van der Waals surface area contributed by atoms with Crippen LogP contribution >= 0.6 is 0 Å². The number of fused-ring (bicyclic) bond motifs is 1. The summed E-state index contributed by atoms with van der Waals surface area (Å²) in [6, 6.07) is 15.6. The van der Waals surface area contributed by atoms with E-state index >= 15 is 0 Å². The highest BCUT2D eigenvalue weighted by atomic mass is 32.3. The van der Waals surface area contributed by atoms with E-state index < -0.39 is 19.8 Å². The highest BCUT2D eigenvalue weighted by molar-refractivity contribution is 8.05. The van der Waals surface area contributed by atoms with Gasteiger partial charge < -0.3 is 0 Å². The number of nitrogens with zero attached hydrogens (tertiary/aromatic N) is 1. The first-order valence-corrected chi connectivity index (χ1v) is 16.5. The molecule has 1 fully saturated rings. The first-order valence-electron chi connectivity index (χ1n) is 13.5. The lowest BCUT2D eigenvalue weighted by Gasteiger charge is -2.38. The minimum Gasteiger partial charge on any atom is -0.239 e. The maximum atomic E-state index is 15.0. The van der Waals surface area contributed by atoms with Crippen LogP contribution in [0, 0.1) is 30.1 Å². The molecule has 0 N–H and O–H groups in total. The molecule has 2 aromatic carbocycles. The van der Waals surface area contributed by atoms with Crippen molar-refractivity contribution in [3.05, 3.63) is 82.8 Å². The zero-order valence-electron chi connectivity index (χ0n) is 22.8. The Morgan fingerprint density at radius 2 is 1.62 bits per heavy atom. The predicted molar refractivity (Wildman–Crippen MR) is 153 cm³/mol. The first kappa shape index (κ1) is 27.8. The highest BCUT2D eigenvalue weighted by Crippen LogP contribution is 2.57. The molecule has 4 nitrogen and oxygen atoms in total. The zero-order valence-corrected chi connectivity index (χ0v) is 24.4. The summed E-state index contributed by atoms with van der Waals surface area (Å²) in [4.78, 5) is 1.22. The Morgan fingerprint density at radius 1 is 0.946 bits per heavy atom. The van der Waals surface area contributed by atoms with Crippen LogP contribution in [0.3, 0.4) is 0 Å². The Hall–Kier alpha value is -2.18. The van der Waals surface area contributed by atoms with Crippen LogP contribution in [0.25, 0.3) is 0 Å². The monoisotopic (exact) mass is 539 g/mol. The van der Waals surface area contributed by atoms with Crippen molar-refractivity contribution >= 4 is 19.8 Å². The van der Waals surface area contributed by atoms with Gasteiger partial charge in [0.1, 0.15) is 9.73 Å². The van der Waals surface area contributed by atoms with Crippen molar-refractivity contribution in [2.45, 2.75) is 82.9 Å². The molecule has 0 spiro atoms. The van der Waals surface area contributed by atoms with Gasteiger partial charge in [-0.2, -0.15) is 8.42 Å². The Kier molecular flexibility index (Phi) is 8.20. The van der Waals surface area contributed by atoms with Gasteiger partial charge in [0.25, 0.3) is 10.0 Å². The SMILES string of the molecule is Cc1ccc(S(=O)(=O)N=S(=O)(C2=C3CC[C@H]([C@H](C)CCCC(C)C)[C@@]3(C)C=CC2)c2ccccc2)cc1. The number of rotatable bonds is 9. The van der Waals surface area contributed by atoms with Crippen molar-refractivity contribution < 1.29 is 12.6 Å². The summed E-state index contributed by atoms with van der Waals surface area (Å²) in [6.07, 6.45) is 10.3. The molecule has 4 rings (SSSR count). The smallest absolute Gasteiger partial charge is 0.239 e. The second-order valence-corrected chi connectivity index (χ2v) is 15.5. The van der Waals surface area contributed by atoms with Crippen LogP contribution in [-0.2, 0) is 19.8 Å². The fourth-order valence-electron chi connectivity index (χ4n) is 6.22. The number of hydrogen-bond acceptors (Lipinski definition) is 3. The molecule has 1 unspecified atom stereocenters. The highest BCUT2D eigenvalue weighted by Gasteiger charge is 2.47. The largest absolute Gasteiger partial charge is 0.290 e. The van der Waals surface area contributed by atoms with Gasteiger partial charge in [-0.25, -0.2) is 4.21 Å². The molecule has 0 heterocycles. The molecule has 6 heteroatoms. The molecule has 2 aromatic rings. The van der Waals surface area contributed by atoms with Gasteiger partial charge in [0.15, 0.2) is 0 Å². The topological polar surface area (TPSA) is 63.6 Å². The summed E-state index contributed by atoms with van der Waals surface area (Å²) >= 11 is 0. The van der Waals surface area contributed by atoms with Crippen LogP contribution in [0.5, 0.6) is 0 Å². The average Bonchev–Trinajstić information content (AvgIpc) is 3.21. The van der Waals surface area contributed by atoms with E-state index in [1.165, 1.54) is 19.3 Å². The maximum Gasteiger partial charge on any atom is 0.290 e. The molecule has 0 aromatic heterocycles. The van der Waals surface area contributed by atoms with Gasteiger partial charge >= 0.3 is 0 Å². The van der Waals surface area contributed by atoms with E-state index in [1.54, 1.807) is 48.5 Å². The van der Waals surface area contributed by atoms with Crippen molar-refractivity contribution in [2.75, 3.05) is 0 Å². The van der Waals surface area contributed by atoms with Gasteiger partial charge in [-0.05, 0) is 67.4 Å². The van der Waals surface area contributed by atoms with E-state index in [0.29, 0.717) is 34.0 Å². The Labute approximate surface area is 224 Å². The Balaban J connectivity index is 1.83. The lowest BCUT2D eigenvalue weighted by Crippen LogP contribution is -2.29. The van der Waals surface area contributed by atoms with E-state index in [2.05, 4.69) is 43.6 Å². The molecule has 0 amide bonds. The molecule has 37 heavy (non-hydrogen) atoms. The zero-order chi connectivity index (χ0) is 26.8. The summed E-state index contributed by atoms with van der Waals surface area (Å²) < 4.78 is 46.3. The molecular formula is C31H41NO3S2. The van der Waals surface area contributed by atoms with E-state index in [1.807, 2.05) is 13.0 Å². The molecule has 200 valence electrons. The summed E-state index contributed by atoms with van der Waals surface area (Å²) in [6.45, 7) is 11.1. The van der Waals surface area contributed by atoms with Gasteiger partial charge in [0.2, 0.25) is 0 Å². The minimum absolute atomic E-state index is 0.0737. The summed E-state index contributed by atoms with van der Waals surface area (Å²) in [7, 11) is -7.53. The molecule has 0 radical (unpaired) electrons. The normalized spacial score (nSPS) is 24.1. The van der Waals surface area contributed by atoms with Crippen molar-refractivity contribution in [1.29, 1.82) is 0 Å². The maximum absolute atomic E-state index is 15.0. The number of benzene rings is 2. The number of aryl methyl sites for hydroxylation is 1. The lowest BCUT2D eigenvalue weighted by atomic mass is 9.69. The molecule has 2 aliphatic carbocycles. The van der Waals surface area contributed by atoms with Crippen molar-refractivity contribution in [1.82, 2.24) is 0 Å². The van der Waals surface area contributed by atoms with Crippen LogP contribution < -0.4 is 0 Å². The molecule has 0 bridgehead atoms.